The fourth-order valence-corrected chi connectivity index (χ4v) is 1.53. The molecule has 1 atom stereocenters. The molecular weight excluding hydrogens is 218 g/mol. The van der Waals surface area contributed by atoms with Crippen molar-refractivity contribution >= 4 is 5.91 Å². The highest BCUT2D eigenvalue weighted by molar-refractivity contribution is 5.81. The lowest BCUT2D eigenvalue weighted by Crippen LogP contribution is -2.47. The molecule has 0 bridgehead atoms. The molecule has 1 unspecified atom stereocenters. The quantitative estimate of drug-likeness (QED) is 0.140. The molecule has 0 saturated carbocycles. The van der Waals surface area contributed by atoms with E-state index >= 15 is 0 Å². The van der Waals surface area contributed by atoms with Gasteiger partial charge in [0.25, 0.3) is 5.91 Å². The van der Waals surface area contributed by atoms with Gasteiger partial charge in [-0.2, -0.15) is 0 Å². The van der Waals surface area contributed by atoms with Gasteiger partial charge in [-0.3, -0.25) is 10.2 Å². The maximum Gasteiger partial charge on any atom is 0.251 e. The lowest BCUT2D eigenvalue weighted by molar-refractivity contribution is -0.123. The van der Waals surface area contributed by atoms with Crippen molar-refractivity contribution in [3.8, 4) is 0 Å². The third-order valence-electron chi connectivity index (χ3n) is 2.50. The molecule has 0 fully saturated rings. The summed E-state index contributed by atoms with van der Waals surface area (Å²) in [5.74, 6) is 5.01. The Hall–Kier alpha value is -0.690. The lowest BCUT2D eigenvalue weighted by Gasteiger charge is -2.16. The first-order chi connectivity index (χ1) is 8.26. The van der Waals surface area contributed by atoms with Gasteiger partial charge in [-0.1, -0.05) is 6.92 Å². The summed E-state index contributed by atoms with van der Waals surface area (Å²) in [4.78, 5) is 11.4. The molecule has 0 aliphatic rings. The smallest absolute Gasteiger partial charge is 0.251 e. The summed E-state index contributed by atoms with van der Waals surface area (Å²) in [6.45, 7) is 5.45. The van der Waals surface area contributed by atoms with Gasteiger partial charge in [0.05, 0.1) is 6.04 Å². The van der Waals surface area contributed by atoms with Crippen LogP contribution in [0, 0.1) is 0 Å². The van der Waals surface area contributed by atoms with Gasteiger partial charge in [-0.25, -0.2) is 5.84 Å². The van der Waals surface area contributed by atoms with Crippen molar-refractivity contribution < 1.29 is 4.79 Å². The van der Waals surface area contributed by atoms with Gasteiger partial charge >= 0.3 is 0 Å². The highest BCUT2D eigenvalue weighted by atomic mass is 16.2. The Morgan fingerprint density at radius 1 is 1.24 bits per heavy atom. The Morgan fingerprint density at radius 3 is 2.53 bits per heavy atom. The second-order valence-electron chi connectivity index (χ2n) is 4.05. The minimum atomic E-state index is -0.184. The third-order valence-corrected chi connectivity index (χ3v) is 2.50. The Kier molecular flexibility index (Phi) is 11.3. The van der Waals surface area contributed by atoms with Gasteiger partial charge in [-0.15, -0.1) is 0 Å². The number of carbonyl (C=O) groups is 1. The predicted molar refractivity (Wildman–Crippen MR) is 70.2 cm³/mol. The van der Waals surface area contributed by atoms with Gasteiger partial charge in [0, 0.05) is 0 Å². The van der Waals surface area contributed by atoms with Crippen LogP contribution < -0.4 is 27.6 Å². The maximum absolute atomic E-state index is 11.4. The van der Waals surface area contributed by atoms with E-state index in [4.69, 9.17) is 11.6 Å². The van der Waals surface area contributed by atoms with Crippen LogP contribution in [0.2, 0.25) is 0 Å². The monoisotopic (exact) mass is 245 g/mol. The minimum Gasteiger partial charge on any atom is -0.330 e. The molecule has 6 heteroatoms. The third kappa shape index (κ3) is 9.05. The number of carbonyl (C=O) groups excluding carboxylic acids is 1. The van der Waals surface area contributed by atoms with E-state index in [2.05, 4.69) is 23.0 Å². The average molecular weight is 245 g/mol. The number of nitrogens with two attached hydrogens (primary N) is 2. The first-order valence-electron chi connectivity index (χ1n) is 6.40. The zero-order valence-corrected chi connectivity index (χ0v) is 10.8. The maximum atomic E-state index is 11.4. The average Bonchev–Trinajstić information content (AvgIpc) is 2.36. The van der Waals surface area contributed by atoms with Crippen LogP contribution in [-0.4, -0.2) is 38.1 Å². The molecule has 0 rings (SSSR count). The van der Waals surface area contributed by atoms with Crippen molar-refractivity contribution in [2.75, 3.05) is 26.2 Å². The number of hydrogen-bond acceptors (Lipinski definition) is 5. The SMILES string of the molecule is CCCNC(CCCNCCCN)C(=O)NN. The van der Waals surface area contributed by atoms with Gasteiger partial charge < -0.3 is 16.4 Å². The topological polar surface area (TPSA) is 105 Å². The molecule has 7 N–H and O–H groups in total. The summed E-state index contributed by atoms with van der Waals surface area (Å²) in [5.41, 5.74) is 7.58. The van der Waals surface area contributed by atoms with Crippen LogP contribution in [0.1, 0.15) is 32.6 Å². The van der Waals surface area contributed by atoms with Crippen LogP contribution in [0.15, 0.2) is 0 Å². The number of nitrogens with one attached hydrogen (secondary N) is 3. The Labute approximate surface area is 104 Å². The fourth-order valence-electron chi connectivity index (χ4n) is 1.53. The zero-order valence-electron chi connectivity index (χ0n) is 10.8. The van der Waals surface area contributed by atoms with E-state index < -0.39 is 0 Å². The van der Waals surface area contributed by atoms with Crippen LogP contribution in [-0.2, 0) is 4.79 Å². The molecule has 0 saturated heterocycles. The van der Waals surface area contributed by atoms with E-state index in [1.54, 1.807) is 0 Å². The van der Waals surface area contributed by atoms with Crippen LogP contribution in [0.4, 0.5) is 0 Å². The normalized spacial score (nSPS) is 12.4. The molecule has 0 aromatic rings. The van der Waals surface area contributed by atoms with Crippen LogP contribution in [0.5, 0.6) is 0 Å². The van der Waals surface area contributed by atoms with Crippen molar-refractivity contribution in [2.45, 2.75) is 38.6 Å². The predicted octanol–water partition coefficient (Wildman–Crippen LogP) is -0.937. The summed E-state index contributed by atoms with van der Waals surface area (Å²) in [6, 6.07) is -0.184. The molecule has 0 radical (unpaired) electrons. The lowest BCUT2D eigenvalue weighted by atomic mass is 10.1. The van der Waals surface area contributed by atoms with Crippen molar-refractivity contribution in [3.63, 3.8) is 0 Å². The largest absolute Gasteiger partial charge is 0.330 e. The molecule has 0 aromatic heterocycles. The number of hydrazine groups is 1. The summed E-state index contributed by atoms with van der Waals surface area (Å²) in [7, 11) is 0. The summed E-state index contributed by atoms with van der Waals surface area (Å²) < 4.78 is 0. The highest BCUT2D eigenvalue weighted by Crippen LogP contribution is 1.97. The molecule has 0 aliphatic heterocycles. The Morgan fingerprint density at radius 2 is 1.94 bits per heavy atom. The van der Waals surface area contributed by atoms with Crippen LogP contribution >= 0.6 is 0 Å². The standard InChI is InChI=1S/C11H27N5O/c1-2-7-15-10(11(17)16-13)5-3-8-14-9-4-6-12/h10,14-15H,2-9,12-13H2,1H3,(H,16,17). The second-order valence-corrected chi connectivity index (χ2v) is 4.05. The van der Waals surface area contributed by atoms with Crippen molar-refractivity contribution in [1.82, 2.24) is 16.1 Å². The van der Waals surface area contributed by atoms with E-state index in [1.165, 1.54) is 0 Å². The van der Waals surface area contributed by atoms with Gasteiger partial charge in [-0.05, 0) is 51.9 Å². The van der Waals surface area contributed by atoms with Gasteiger partial charge in [0.2, 0.25) is 0 Å². The molecule has 0 aromatic carbocycles. The second kappa shape index (κ2) is 11.8. The highest BCUT2D eigenvalue weighted by Gasteiger charge is 2.15. The molecule has 6 nitrogen and oxygen atoms in total. The van der Waals surface area contributed by atoms with E-state index in [0.717, 1.165) is 45.3 Å². The summed E-state index contributed by atoms with van der Waals surface area (Å²) in [5, 5.41) is 6.47. The number of amides is 1. The van der Waals surface area contributed by atoms with Gasteiger partial charge in [0.1, 0.15) is 0 Å². The fraction of sp³-hybridized carbons (Fsp3) is 0.909. The minimum absolute atomic E-state index is 0.139. The first kappa shape index (κ1) is 16.3. The van der Waals surface area contributed by atoms with E-state index in [-0.39, 0.29) is 11.9 Å². The first-order valence-corrected chi connectivity index (χ1v) is 6.40. The molecule has 1 amide bonds. The molecule has 17 heavy (non-hydrogen) atoms. The number of hydrogen-bond donors (Lipinski definition) is 5. The summed E-state index contributed by atoms with van der Waals surface area (Å²) in [6.07, 6.45) is 3.72. The van der Waals surface area contributed by atoms with E-state index in [0.29, 0.717) is 6.54 Å². The molecular formula is C11H27N5O. The van der Waals surface area contributed by atoms with Crippen molar-refractivity contribution in [3.05, 3.63) is 0 Å². The molecule has 0 aliphatic carbocycles. The Bertz CT molecular complexity index is 189. The molecule has 102 valence electrons. The van der Waals surface area contributed by atoms with Crippen molar-refractivity contribution in [2.24, 2.45) is 11.6 Å². The molecule has 0 spiro atoms. The summed E-state index contributed by atoms with van der Waals surface area (Å²) >= 11 is 0. The van der Waals surface area contributed by atoms with Gasteiger partial charge in [0.15, 0.2) is 0 Å². The zero-order chi connectivity index (χ0) is 12.9. The van der Waals surface area contributed by atoms with Crippen molar-refractivity contribution in [1.29, 1.82) is 0 Å². The molecule has 0 heterocycles. The van der Waals surface area contributed by atoms with Crippen LogP contribution in [0.25, 0.3) is 0 Å². The van der Waals surface area contributed by atoms with Crippen LogP contribution in [0.3, 0.4) is 0 Å². The van der Waals surface area contributed by atoms with E-state index in [9.17, 15) is 4.79 Å². The number of rotatable bonds is 11. The van der Waals surface area contributed by atoms with E-state index in [1.807, 2.05) is 0 Å². The Balaban J connectivity index is 3.64.